The third-order valence-electron chi connectivity index (χ3n) is 4.03. The number of nitrogens with one attached hydrogen (secondary N) is 1. The second-order valence-corrected chi connectivity index (χ2v) is 6.43. The highest BCUT2D eigenvalue weighted by Crippen LogP contribution is 2.28. The zero-order chi connectivity index (χ0) is 16.2. The summed E-state index contributed by atoms with van der Waals surface area (Å²) in [5.74, 6) is 0.934. The highest BCUT2D eigenvalue weighted by Gasteiger charge is 2.25. The van der Waals surface area contributed by atoms with E-state index in [-0.39, 0.29) is 17.6 Å². The number of Topliss-reactive ketones (excluding diaryl/α,β-unsaturated/α-hetero) is 1. The molecule has 5 nitrogen and oxygen atoms in total. The minimum absolute atomic E-state index is 0.0341. The van der Waals surface area contributed by atoms with E-state index in [0.29, 0.717) is 30.8 Å². The monoisotopic (exact) mass is 330 g/mol. The molecule has 6 heteroatoms. The number of hydrogen-bond acceptors (Lipinski definition) is 5. The molecule has 0 saturated heterocycles. The number of anilines is 1. The van der Waals surface area contributed by atoms with Gasteiger partial charge in [0.2, 0.25) is 5.91 Å². The summed E-state index contributed by atoms with van der Waals surface area (Å²) in [6.07, 6.45) is 2.29. The lowest BCUT2D eigenvalue weighted by Gasteiger charge is -2.19. The van der Waals surface area contributed by atoms with Gasteiger partial charge >= 0.3 is 0 Å². The smallest absolute Gasteiger partial charge is 0.229 e. The number of hydrogen-bond donors (Lipinski definition) is 1. The van der Waals surface area contributed by atoms with Crippen LogP contribution in [0.5, 0.6) is 5.75 Å². The molecule has 1 aliphatic rings. The Kier molecular flexibility index (Phi) is 4.71. The number of aromatic nitrogens is 1. The number of methoxy groups -OCH3 is 1. The van der Waals surface area contributed by atoms with Gasteiger partial charge in [-0.25, -0.2) is 4.98 Å². The summed E-state index contributed by atoms with van der Waals surface area (Å²) >= 11 is 1.41. The summed E-state index contributed by atoms with van der Waals surface area (Å²) in [7, 11) is 1.63. The number of nitrogens with zero attached hydrogens (tertiary/aromatic N) is 1. The summed E-state index contributed by atoms with van der Waals surface area (Å²) in [5.41, 5.74) is 1.80. The van der Waals surface area contributed by atoms with Crippen LogP contribution in [0.4, 0.5) is 5.13 Å². The quantitative estimate of drug-likeness (QED) is 0.931. The molecule has 1 heterocycles. The summed E-state index contributed by atoms with van der Waals surface area (Å²) in [6.45, 7) is 0. The van der Waals surface area contributed by atoms with E-state index in [1.54, 1.807) is 7.11 Å². The summed E-state index contributed by atoms with van der Waals surface area (Å²) < 4.78 is 5.14. The normalized spacial score (nSPS) is 15.4. The molecule has 1 N–H and O–H groups in total. The summed E-state index contributed by atoms with van der Waals surface area (Å²) in [6, 6.07) is 7.64. The molecule has 0 atom stereocenters. The Morgan fingerprint density at radius 3 is 2.61 bits per heavy atom. The van der Waals surface area contributed by atoms with Crippen molar-refractivity contribution in [1.82, 2.24) is 4.98 Å². The molecule has 2 aromatic rings. The third kappa shape index (κ3) is 3.76. The number of carbonyl (C=O) groups is 2. The number of benzene rings is 1. The van der Waals surface area contributed by atoms with Gasteiger partial charge in [0.15, 0.2) is 5.13 Å². The van der Waals surface area contributed by atoms with E-state index in [2.05, 4.69) is 10.3 Å². The molecule has 0 bridgehead atoms. The van der Waals surface area contributed by atoms with Crippen LogP contribution in [-0.4, -0.2) is 23.8 Å². The lowest BCUT2D eigenvalue weighted by Crippen LogP contribution is -2.27. The van der Waals surface area contributed by atoms with Crippen LogP contribution in [0.1, 0.15) is 25.7 Å². The van der Waals surface area contributed by atoms with Gasteiger partial charge in [-0.15, -0.1) is 11.3 Å². The molecule has 1 fully saturated rings. The van der Waals surface area contributed by atoms with Gasteiger partial charge in [-0.05, 0) is 37.1 Å². The van der Waals surface area contributed by atoms with E-state index < -0.39 is 0 Å². The van der Waals surface area contributed by atoms with Gasteiger partial charge in [-0.3, -0.25) is 9.59 Å². The van der Waals surface area contributed by atoms with Crippen LogP contribution in [-0.2, 0) is 9.59 Å². The molecule has 0 radical (unpaired) electrons. The Bertz CT molecular complexity index is 699. The van der Waals surface area contributed by atoms with Gasteiger partial charge in [0.25, 0.3) is 0 Å². The molecule has 120 valence electrons. The van der Waals surface area contributed by atoms with Crippen LogP contribution in [0, 0.1) is 5.92 Å². The lowest BCUT2D eigenvalue weighted by atomic mass is 9.88. The highest BCUT2D eigenvalue weighted by atomic mass is 32.1. The molecule has 1 amide bonds. The zero-order valence-electron chi connectivity index (χ0n) is 12.9. The van der Waals surface area contributed by atoms with Crippen molar-refractivity contribution in [2.45, 2.75) is 25.7 Å². The highest BCUT2D eigenvalue weighted by molar-refractivity contribution is 7.14. The summed E-state index contributed by atoms with van der Waals surface area (Å²) in [4.78, 5) is 27.9. The molecular weight excluding hydrogens is 312 g/mol. The topological polar surface area (TPSA) is 68.3 Å². The van der Waals surface area contributed by atoms with Crippen LogP contribution >= 0.6 is 11.3 Å². The average molecular weight is 330 g/mol. The first-order valence-electron chi connectivity index (χ1n) is 7.58. The number of thiazole rings is 1. The van der Waals surface area contributed by atoms with Gasteiger partial charge in [0, 0.05) is 29.7 Å². The second-order valence-electron chi connectivity index (χ2n) is 5.57. The van der Waals surface area contributed by atoms with E-state index in [1.807, 2.05) is 29.6 Å². The number of amides is 1. The maximum Gasteiger partial charge on any atom is 0.229 e. The number of ether oxygens (including phenoxy) is 1. The molecular formula is C17H18N2O3S. The van der Waals surface area contributed by atoms with E-state index in [9.17, 15) is 9.59 Å². The minimum Gasteiger partial charge on any atom is -0.497 e. The molecule has 1 aromatic carbocycles. The fraction of sp³-hybridized carbons (Fsp3) is 0.353. The predicted octanol–water partition coefficient (Wildman–Crippen LogP) is 3.52. The molecule has 23 heavy (non-hydrogen) atoms. The molecule has 1 saturated carbocycles. The van der Waals surface area contributed by atoms with Crippen LogP contribution in [0.15, 0.2) is 29.6 Å². The Morgan fingerprint density at radius 1 is 1.26 bits per heavy atom. The first-order chi connectivity index (χ1) is 11.2. The SMILES string of the molecule is COc1ccc(-c2csc(NC(=O)C3CCC(=O)CC3)n2)cc1. The van der Waals surface area contributed by atoms with Gasteiger partial charge in [-0.1, -0.05) is 0 Å². The van der Waals surface area contributed by atoms with Crippen molar-refractivity contribution >= 4 is 28.2 Å². The molecule has 0 aliphatic heterocycles. The Balaban J connectivity index is 1.64. The Hall–Kier alpha value is -2.21. The molecule has 1 aromatic heterocycles. The van der Waals surface area contributed by atoms with Gasteiger partial charge < -0.3 is 10.1 Å². The average Bonchev–Trinajstić information content (AvgIpc) is 3.04. The minimum atomic E-state index is -0.0824. The number of rotatable bonds is 4. The van der Waals surface area contributed by atoms with Gasteiger partial charge in [-0.2, -0.15) is 0 Å². The standard InChI is InChI=1S/C17H18N2O3S/c1-22-14-8-4-11(5-9-14)15-10-23-17(18-15)19-16(21)12-2-6-13(20)7-3-12/h4-5,8-10,12H,2-3,6-7H2,1H3,(H,18,19,21). The molecule has 0 spiro atoms. The first-order valence-corrected chi connectivity index (χ1v) is 8.46. The van der Waals surface area contributed by atoms with Crippen molar-refractivity contribution in [1.29, 1.82) is 0 Å². The third-order valence-corrected chi connectivity index (χ3v) is 4.79. The maximum absolute atomic E-state index is 12.2. The van der Waals surface area contributed by atoms with Crippen molar-refractivity contribution in [3.8, 4) is 17.0 Å². The molecule has 3 rings (SSSR count). The van der Waals surface area contributed by atoms with Crippen LogP contribution in [0.2, 0.25) is 0 Å². The summed E-state index contributed by atoms with van der Waals surface area (Å²) in [5, 5.41) is 5.39. The van der Waals surface area contributed by atoms with E-state index in [1.165, 1.54) is 11.3 Å². The maximum atomic E-state index is 12.2. The number of ketones is 1. The Labute approximate surface area is 138 Å². The van der Waals surface area contributed by atoms with E-state index >= 15 is 0 Å². The van der Waals surface area contributed by atoms with Crippen molar-refractivity contribution in [3.05, 3.63) is 29.6 Å². The van der Waals surface area contributed by atoms with Gasteiger partial charge in [0.1, 0.15) is 11.5 Å². The van der Waals surface area contributed by atoms with Gasteiger partial charge in [0.05, 0.1) is 12.8 Å². The Morgan fingerprint density at radius 2 is 1.96 bits per heavy atom. The fourth-order valence-electron chi connectivity index (χ4n) is 2.63. The van der Waals surface area contributed by atoms with Crippen LogP contribution in [0.25, 0.3) is 11.3 Å². The van der Waals surface area contributed by atoms with E-state index in [0.717, 1.165) is 17.0 Å². The van der Waals surface area contributed by atoms with Crippen molar-refractivity contribution < 1.29 is 14.3 Å². The van der Waals surface area contributed by atoms with Crippen molar-refractivity contribution in [2.75, 3.05) is 12.4 Å². The second kappa shape index (κ2) is 6.91. The molecule has 1 aliphatic carbocycles. The molecule has 0 unspecified atom stereocenters. The predicted molar refractivity (Wildman–Crippen MR) is 89.7 cm³/mol. The van der Waals surface area contributed by atoms with Crippen molar-refractivity contribution in [3.63, 3.8) is 0 Å². The lowest BCUT2D eigenvalue weighted by molar-refractivity contribution is -0.125. The first kappa shape index (κ1) is 15.7. The van der Waals surface area contributed by atoms with E-state index in [4.69, 9.17) is 4.74 Å². The zero-order valence-corrected chi connectivity index (χ0v) is 13.7. The largest absolute Gasteiger partial charge is 0.497 e. The van der Waals surface area contributed by atoms with Crippen LogP contribution < -0.4 is 10.1 Å². The fourth-order valence-corrected chi connectivity index (χ4v) is 3.36. The van der Waals surface area contributed by atoms with Crippen LogP contribution in [0.3, 0.4) is 0 Å². The number of carbonyl (C=O) groups excluding carboxylic acids is 2. The van der Waals surface area contributed by atoms with Crippen molar-refractivity contribution in [2.24, 2.45) is 5.92 Å².